The monoisotopic (exact) mass is 205 g/mol. The van der Waals surface area contributed by atoms with Gasteiger partial charge in [-0.1, -0.05) is 0 Å². The lowest BCUT2D eigenvalue weighted by molar-refractivity contribution is 0.460. The number of phenolic OH excluding ortho intramolecular Hbond substituents is 2. The standard InChI is InChI=1S/C10H11N3O2/c1-4-2-3-5-6(11)9(14)7(12)10(15)8(5)13-4/h2-3,14-15H,11-12H2,1H3. The predicted molar refractivity (Wildman–Crippen MR) is 58.6 cm³/mol. The number of aromatic nitrogens is 1. The Morgan fingerprint density at radius 3 is 2.40 bits per heavy atom. The molecular formula is C10H11N3O2. The molecule has 5 nitrogen and oxygen atoms in total. The Labute approximate surface area is 86.0 Å². The van der Waals surface area contributed by atoms with Crippen LogP contribution in [0.15, 0.2) is 12.1 Å². The zero-order chi connectivity index (χ0) is 11.2. The zero-order valence-corrected chi connectivity index (χ0v) is 8.15. The van der Waals surface area contributed by atoms with Crippen molar-refractivity contribution < 1.29 is 10.2 Å². The van der Waals surface area contributed by atoms with E-state index in [4.69, 9.17) is 11.5 Å². The molecular weight excluding hydrogens is 194 g/mol. The van der Waals surface area contributed by atoms with Crippen molar-refractivity contribution >= 4 is 22.3 Å². The van der Waals surface area contributed by atoms with Gasteiger partial charge in [0.25, 0.3) is 0 Å². The first-order chi connectivity index (χ1) is 7.02. The number of nitrogen functional groups attached to an aromatic ring is 2. The Morgan fingerprint density at radius 1 is 1.07 bits per heavy atom. The maximum Gasteiger partial charge on any atom is 0.169 e. The highest BCUT2D eigenvalue weighted by molar-refractivity contribution is 6.02. The largest absolute Gasteiger partial charge is 0.504 e. The van der Waals surface area contributed by atoms with Gasteiger partial charge in [0.05, 0.1) is 5.69 Å². The molecule has 6 N–H and O–H groups in total. The summed E-state index contributed by atoms with van der Waals surface area (Å²) in [7, 11) is 0. The van der Waals surface area contributed by atoms with Crippen LogP contribution in [-0.4, -0.2) is 15.2 Å². The van der Waals surface area contributed by atoms with Gasteiger partial charge in [-0.25, -0.2) is 4.98 Å². The second kappa shape index (κ2) is 2.91. The van der Waals surface area contributed by atoms with E-state index >= 15 is 0 Å². The van der Waals surface area contributed by atoms with Crippen LogP contribution in [0.4, 0.5) is 11.4 Å². The van der Waals surface area contributed by atoms with E-state index in [9.17, 15) is 10.2 Å². The Kier molecular flexibility index (Phi) is 1.82. The van der Waals surface area contributed by atoms with E-state index in [0.29, 0.717) is 10.9 Å². The fourth-order valence-corrected chi connectivity index (χ4v) is 1.47. The van der Waals surface area contributed by atoms with Gasteiger partial charge in [0.1, 0.15) is 11.2 Å². The highest BCUT2D eigenvalue weighted by Crippen LogP contribution is 2.42. The SMILES string of the molecule is Cc1ccc2c(N)c(O)c(N)c(O)c2n1. The van der Waals surface area contributed by atoms with Gasteiger partial charge in [0.15, 0.2) is 11.5 Å². The molecule has 0 bridgehead atoms. The highest BCUT2D eigenvalue weighted by Gasteiger charge is 2.15. The van der Waals surface area contributed by atoms with E-state index < -0.39 is 0 Å². The third kappa shape index (κ3) is 1.20. The fraction of sp³-hybridized carbons (Fsp3) is 0.100. The van der Waals surface area contributed by atoms with E-state index in [1.807, 2.05) is 0 Å². The van der Waals surface area contributed by atoms with Crippen molar-refractivity contribution in [1.82, 2.24) is 4.98 Å². The number of fused-ring (bicyclic) bond motifs is 1. The average Bonchev–Trinajstić information content (AvgIpc) is 2.23. The molecule has 0 unspecified atom stereocenters. The van der Waals surface area contributed by atoms with E-state index in [2.05, 4.69) is 4.98 Å². The number of aryl methyl sites for hydroxylation is 1. The molecule has 2 rings (SSSR count). The molecule has 0 spiro atoms. The first-order valence-corrected chi connectivity index (χ1v) is 4.38. The third-order valence-corrected chi connectivity index (χ3v) is 2.31. The summed E-state index contributed by atoms with van der Waals surface area (Å²) in [5.41, 5.74) is 12.2. The van der Waals surface area contributed by atoms with Gasteiger partial charge in [-0.2, -0.15) is 0 Å². The van der Waals surface area contributed by atoms with Gasteiger partial charge in [-0.15, -0.1) is 0 Å². The number of nitrogens with zero attached hydrogens (tertiary/aromatic N) is 1. The molecule has 0 fully saturated rings. The summed E-state index contributed by atoms with van der Waals surface area (Å²) in [5.74, 6) is -0.536. The first-order valence-electron chi connectivity index (χ1n) is 4.38. The molecule has 1 heterocycles. The van der Waals surface area contributed by atoms with Gasteiger partial charge < -0.3 is 21.7 Å². The summed E-state index contributed by atoms with van der Waals surface area (Å²) in [6.07, 6.45) is 0. The van der Waals surface area contributed by atoms with E-state index in [-0.39, 0.29) is 22.9 Å². The fourth-order valence-electron chi connectivity index (χ4n) is 1.47. The molecule has 1 aromatic heterocycles. The predicted octanol–water partition coefficient (Wildman–Crippen LogP) is 1.12. The number of benzene rings is 1. The smallest absolute Gasteiger partial charge is 0.169 e. The summed E-state index contributed by atoms with van der Waals surface area (Å²) in [4.78, 5) is 4.12. The Morgan fingerprint density at radius 2 is 1.73 bits per heavy atom. The van der Waals surface area contributed by atoms with Gasteiger partial charge in [0, 0.05) is 11.1 Å². The molecule has 0 saturated heterocycles. The molecule has 15 heavy (non-hydrogen) atoms. The molecule has 0 aliphatic carbocycles. The minimum absolute atomic E-state index is 0.132. The third-order valence-electron chi connectivity index (χ3n) is 2.31. The average molecular weight is 205 g/mol. The summed E-state index contributed by atoms with van der Waals surface area (Å²) in [6.45, 7) is 1.79. The maximum atomic E-state index is 9.68. The number of phenols is 2. The zero-order valence-electron chi connectivity index (χ0n) is 8.15. The summed E-state index contributed by atoms with van der Waals surface area (Å²) in [6, 6.07) is 3.43. The number of aromatic hydroxyl groups is 2. The Balaban J connectivity index is 3.00. The van der Waals surface area contributed by atoms with Crippen molar-refractivity contribution in [2.24, 2.45) is 0 Å². The molecule has 0 saturated carbocycles. The summed E-state index contributed by atoms with van der Waals surface area (Å²) < 4.78 is 0. The highest BCUT2D eigenvalue weighted by atomic mass is 16.3. The molecule has 0 amide bonds. The lowest BCUT2D eigenvalue weighted by atomic mass is 10.1. The van der Waals surface area contributed by atoms with Crippen molar-refractivity contribution in [2.75, 3.05) is 11.5 Å². The topological polar surface area (TPSA) is 105 Å². The van der Waals surface area contributed by atoms with E-state index in [0.717, 1.165) is 5.69 Å². The van der Waals surface area contributed by atoms with Crippen LogP contribution >= 0.6 is 0 Å². The van der Waals surface area contributed by atoms with Crippen LogP contribution in [0, 0.1) is 6.92 Å². The van der Waals surface area contributed by atoms with Gasteiger partial charge in [0.2, 0.25) is 0 Å². The van der Waals surface area contributed by atoms with E-state index in [1.54, 1.807) is 19.1 Å². The second-order valence-corrected chi connectivity index (χ2v) is 3.37. The Bertz CT molecular complexity index is 552. The molecule has 2 aromatic rings. The van der Waals surface area contributed by atoms with Crippen LogP contribution in [0.2, 0.25) is 0 Å². The van der Waals surface area contributed by atoms with Crippen molar-refractivity contribution in [3.63, 3.8) is 0 Å². The van der Waals surface area contributed by atoms with Crippen molar-refractivity contribution in [3.8, 4) is 11.5 Å². The first kappa shape index (κ1) is 9.39. The van der Waals surface area contributed by atoms with Crippen LogP contribution in [0.5, 0.6) is 11.5 Å². The van der Waals surface area contributed by atoms with Crippen molar-refractivity contribution in [2.45, 2.75) is 6.92 Å². The normalized spacial score (nSPS) is 10.7. The molecule has 0 atom stereocenters. The van der Waals surface area contributed by atoms with Crippen molar-refractivity contribution in [3.05, 3.63) is 17.8 Å². The second-order valence-electron chi connectivity index (χ2n) is 3.37. The minimum atomic E-state index is -0.300. The lowest BCUT2D eigenvalue weighted by Crippen LogP contribution is -1.96. The molecule has 78 valence electrons. The quantitative estimate of drug-likeness (QED) is 0.293. The van der Waals surface area contributed by atoms with Crippen LogP contribution in [0.25, 0.3) is 10.9 Å². The van der Waals surface area contributed by atoms with Crippen molar-refractivity contribution in [1.29, 1.82) is 0 Å². The van der Waals surface area contributed by atoms with Gasteiger partial charge >= 0.3 is 0 Å². The molecule has 0 radical (unpaired) electrons. The number of nitrogens with two attached hydrogens (primary N) is 2. The summed E-state index contributed by atoms with van der Waals surface area (Å²) >= 11 is 0. The molecule has 0 aliphatic heterocycles. The van der Waals surface area contributed by atoms with Crippen LogP contribution in [0.1, 0.15) is 5.69 Å². The maximum absolute atomic E-state index is 9.68. The number of hydrogen-bond donors (Lipinski definition) is 4. The molecule has 1 aromatic carbocycles. The number of pyridine rings is 1. The van der Waals surface area contributed by atoms with Crippen LogP contribution in [0.3, 0.4) is 0 Å². The van der Waals surface area contributed by atoms with Crippen LogP contribution < -0.4 is 11.5 Å². The number of hydrogen-bond acceptors (Lipinski definition) is 5. The number of rotatable bonds is 0. The van der Waals surface area contributed by atoms with Crippen LogP contribution in [-0.2, 0) is 0 Å². The minimum Gasteiger partial charge on any atom is -0.504 e. The van der Waals surface area contributed by atoms with E-state index in [1.165, 1.54) is 0 Å². The van der Waals surface area contributed by atoms with Gasteiger partial charge in [-0.05, 0) is 19.1 Å². The lowest BCUT2D eigenvalue weighted by Gasteiger charge is -2.10. The summed E-state index contributed by atoms with van der Waals surface area (Å²) in [5, 5.41) is 19.7. The molecule has 5 heteroatoms. The molecule has 0 aliphatic rings. The van der Waals surface area contributed by atoms with Gasteiger partial charge in [-0.3, -0.25) is 0 Å². The Hall–Kier alpha value is -2.17. The number of anilines is 2.